The highest BCUT2D eigenvalue weighted by Gasteiger charge is 2.73. The Bertz CT molecular complexity index is 968. The summed E-state index contributed by atoms with van der Waals surface area (Å²) in [4.78, 5) is 48.0. The lowest BCUT2D eigenvalue weighted by molar-refractivity contribution is -0.154. The van der Waals surface area contributed by atoms with Crippen molar-refractivity contribution in [1.82, 2.24) is 14.7 Å². The van der Waals surface area contributed by atoms with E-state index < -0.39 is 27.4 Å². The number of unbranched alkanes of at least 4 members (excludes halogenated alkanes) is 2. The van der Waals surface area contributed by atoms with Gasteiger partial charge in [-0.25, -0.2) is 0 Å². The number of cyclic esters (lactones) is 1. The summed E-state index contributed by atoms with van der Waals surface area (Å²) >= 11 is 1.60. The molecule has 38 heavy (non-hydrogen) atoms. The number of allylic oxidation sites excluding steroid dienone is 1. The monoisotopic (exact) mass is 547 g/mol. The number of carbonyl (C=O) groups is 3. The number of aliphatic hydroxyl groups excluding tert-OH is 1. The topological polar surface area (TPSA) is 99.6 Å². The van der Waals surface area contributed by atoms with Crippen LogP contribution in [0.4, 0.5) is 0 Å². The number of nitrogens with zero attached hydrogens (tertiary/aromatic N) is 3. The lowest BCUT2D eigenvalue weighted by atomic mass is 9.74. The lowest BCUT2D eigenvalue weighted by Crippen LogP contribution is -2.54. The quantitative estimate of drug-likeness (QED) is 0.277. The molecule has 210 valence electrons. The Balaban J connectivity index is 1.47. The van der Waals surface area contributed by atoms with Gasteiger partial charge in [0.15, 0.2) is 0 Å². The van der Waals surface area contributed by atoms with E-state index in [1.54, 1.807) is 16.7 Å². The largest absolute Gasteiger partial charge is 0.465 e. The summed E-state index contributed by atoms with van der Waals surface area (Å²) in [5.41, 5.74) is 0. The summed E-state index contributed by atoms with van der Waals surface area (Å²) < 4.78 is 9.68. The Kier molecular flexibility index (Phi) is 8.52. The van der Waals surface area contributed by atoms with Gasteiger partial charge < -0.3 is 24.4 Å². The molecule has 0 aromatic heterocycles. The molecule has 0 aliphatic carbocycles. The van der Waals surface area contributed by atoms with Crippen LogP contribution in [0, 0.1) is 11.8 Å². The second kappa shape index (κ2) is 11.7. The van der Waals surface area contributed by atoms with Crippen molar-refractivity contribution in [2.75, 3.05) is 65.7 Å². The van der Waals surface area contributed by atoms with Gasteiger partial charge in [0, 0.05) is 50.6 Å². The van der Waals surface area contributed by atoms with Crippen LogP contribution in [0.2, 0.25) is 0 Å². The maximum atomic E-state index is 14.3. The first-order valence-electron chi connectivity index (χ1n) is 14.1. The average Bonchev–Trinajstić information content (AvgIpc) is 3.26. The molecule has 5 aliphatic heterocycles. The van der Waals surface area contributed by atoms with E-state index in [2.05, 4.69) is 23.1 Å². The third kappa shape index (κ3) is 5.05. The van der Waals surface area contributed by atoms with Gasteiger partial charge in [-0.05, 0) is 39.0 Å². The molecule has 0 aromatic carbocycles. The van der Waals surface area contributed by atoms with E-state index in [0.29, 0.717) is 52.3 Å². The molecule has 1 N–H and O–H groups in total. The normalized spacial score (nSPS) is 36.6. The molecule has 5 aliphatic rings. The summed E-state index contributed by atoms with van der Waals surface area (Å²) in [7, 11) is 0. The zero-order chi connectivity index (χ0) is 26.8. The van der Waals surface area contributed by atoms with Crippen LogP contribution in [0.25, 0.3) is 0 Å². The first-order valence-corrected chi connectivity index (χ1v) is 15.0. The van der Waals surface area contributed by atoms with Crippen LogP contribution in [0.1, 0.15) is 39.0 Å². The Hall–Kier alpha value is -1.88. The van der Waals surface area contributed by atoms with Crippen molar-refractivity contribution in [3.05, 3.63) is 24.3 Å². The molecule has 1 unspecified atom stereocenters. The van der Waals surface area contributed by atoms with E-state index in [0.717, 1.165) is 38.9 Å². The van der Waals surface area contributed by atoms with Crippen LogP contribution in [-0.2, 0) is 23.9 Å². The molecule has 1 spiro atoms. The van der Waals surface area contributed by atoms with Gasteiger partial charge in [0.2, 0.25) is 11.8 Å². The standard InChI is InChI=1S/C28H41N3O6S/c1-27-9-4-2-7-18-37-26(35)22(27)21-24(33)31(12-5-3-6-17-32)23-25(34)30(11-8-10-28(21,23)38-27)14-13-29-15-19-36-20-16-29/h4,8-10,21-23,32H,2-3,5-7,11-20H2,1H3/b9-4-/t21-,22-,23?,27+,28-/m0/s1. The average molecular weight is 548 g/mol. The molecule has 0 bridgehead atoms. The highest BCUT2D eigenvalue weighted by Crippen LogP contribution is 2.65. The van der Waals surface area contributed by atoms with Crippen molar-refractivity contribution in [1.29, 1.82) is 0 Å². The summed E-state index contributed by atoms with van der Waals surface area (Å²) in [5, 5.41) is 9.24. The van der Waals surface area contributed by atoms with Gasteiger partial charge in [-0.15, -0.1) is 11.8 Å². The van der Waals surface area contributed by atoms with Crippen LogP contribution in [0.15, 0.2) is 24.3 Å². The Morgan fingerprint density at radius 1 is 0.974 bits per heavy atom. The summed E-state index contributed by atoms with van der Waals surface area (Å²) in [6, 6.07) is -0.670. The molecule has 9 nitrogen and oxygen atoms in total. The number of likely N-dealkylation sites (tertiary alicyclic amines) is 1. The molecule has 3 saturated heterocycles. The van der Waals surface area contributed by atoms with E-state index in [1.807, 2.05) is 17.9 Å². The Morgan fingerprint density at radius 3 is 2.58 bits per heavy atom. The SMILES string of the molecule is C[C@@]12/C=C\CCCOC(=O)[C@@H]1[C@H]1C(=O)N(CCCCCO)C3C(=O)N(CCN4CCOCC4)CC=C[C@@]31S2. The highest BCUT2D eigenvalue weighted by atomic mass is 32.2. The first-order chi connectivity index (χ1) is 18.4. The van der Waals surface area contributed by atoms with Crippen LogP contribution in [0.3, 0.4) is 0 Å². The van der Waals surface area contributed by atoms with Crippen LogP contribution in [0.5, 0.6) is 0 Å². The molecular weight excluding hydrogens is 506 g/mol. The number of ether oxygens (including phenoxy) is 2. The maximum absolute atomic E-state index is 14.3. The molecule has 0 aromatic rings. The molecular formula is C28H41N3O6S. The van der Waals surface area contributed by atoms with Crippen molar-refractivity contribution in [3.63, 3.8) is 0 Å². The van der Waals surface area contributed by atoms with E-state index in [4.69, 9.17) is 9.47 Å². The van der Waals surface area contributed by atoms with E-state index in [-0.39, 0.29) is 24.4 Å². The third-order valence-electron chi connectivity index (χ3n) is 8.68. The summed E-state index contributed by atoms with van der Waals surface area (Å²) in [6.45, 7) is 7.86. The fourth-order valence-corrected chi connectivity index (χ4v) is 8.93. The molecule has 0 saturated carbocycles. The first kappa shape index (κ1) is 27.7. The second-order valence-corrected chi connectivity index (χ2v) is 13.0. The van der Waals surface area contributed by atoms with Gasteiger partial charge in [0.25, 0.3) is 0 Å². The number of esters is 1. The smallest absolute Gasteiger partial charge is 0.311 e. The fourth-order valence-electron chi connectivity index (χ4n) is 6.78. The number of aliphatic hydroxyl groups is 1. The highest BCUT2D eigenvalue weighted by molar-refractivity contribution is 8.02. The number of fused-ring (bicyclic) bond motifs is 2. The molecule has 2 amide bonds. The van der Waals surface area contributed by atoms with Crippen molar-refractivity contribution < 1.29 is 29.0 Å². The Labute approximate surface area is 229 Å². The van der Waals surface area contributed by atoms with E-state index in [1.165, 1.54) is 0 Å². The van der Waals surface area contributed by atoms with Gasteiger partial charge >= 0.3 is 5.97 Å². The molecule has 5 atom stereocenters. The zero-order valence-electron chi connectivity index (χ0n) is 22.4. The number of carbonyl (C=O) groups excluding carboxylic acids is 3. The van der Waals surface area contributed by atoms with Gasteiger partial charge in [-0.1, -0.05) is 24.3 Å². The number of hydrogen-bond donors (Lipinski definition) is 1. The number of hydrogen-bond acceptors (Lipinski definition) is 8. The molecule has 0 radical (unpaired) electrons. The predicted molar refractivity (Wildman–Crippen MR) is 144 cm³/mol. The van der Waals surface area contributed by atoms with Crippen LogP contribution in [-0.4, -0.2) is 119 Å². The number of morpholine rings is 1. The molecule has 5 heterocycles. The molecule has 10 heteroatoms. The minimum absolute atomic E-state index is 0.0405. The van der Waals surface area contributed by atoms with Crippen molar-refractivity contribution in [2.24, 2.45) is 11.8 Å². The minimum Gasteiger partial charge on any atom is -0.465 e. The predicted octanol–water partition coefficient (Wildman–Crippen LogP) is 1.46. The Morgan fingerprint density at radius 2 is 1.79 bits per heavy atom. The number of thioether (sulfide) groups is 1. The minimum atomic E-state index is -0.833. The zero-order valence-corrected chi connectivity index (χ0v) is 23.2. The lowest BCUT2D eigenvalue weighted by Gasteiger charge is -2.37. The molecule has 5 rings (SSSR count). The van der Waals surface area contributed by atoms with Gasteiger partial charge in [-0.2, -0.15) is 0 Å². The summed E-state index contributed by atoms with van der Waals surface area (Å²) in [5.74, 6) is -1.82. The van der Waals surface area contributed by atoms with Crippen LogP contribution < -0.4 is 0 Å². The number of rotatable bonds is 8. The summed E-state index contributed by atoms with van der Waals surface area (Å²) in [6.07, 6.45) is 12.0. The van der Waals surface area contributed by atoms with Crippen molar-refractivity contribution in [2.45, 2.75) is 54.6 Å². The van der Waals surface area contributed by atoms with Crippen molar-refractivity contribution >= 4 is 29.5 Å². The van der Waals surface area contributed by atoms with E-state index in [9.17, 15) is 19.5 Å². The van der Waals surface area contributed by atoms with Crippen molar-refractivity contribution in [3.8, 4) is 0 Å². The van der Waals surface area contributed by atoms with Gasteiger partial charge in [0.1, 0.15) is 6.04 Å². The number of amides is 2. The van der Waals surface area contributed by atoms with Gasteiger partial charge in [-0.3, -0.25) is 19.3 Å². The molecule has 3 fully saturated rings. The second-order valence-electron chi connectivity index (χ2n) is 11.2. The fraction of sp³-hybridized carbons (Fsp3) is 0.750. The maximum Gasteiger partial charge on any atom is 0.311 e. The third-order valence-corrected chi connectivity index (χ3v) is 10.5. The van der Waals surface area contributed by atoms with E-state index >= 15 is 0 Å². The van der Waals surface area contributed by atoms with Gasteiger partial charge in [0.05, 0.1) is 36.4 Å². The van der Waals surface area contributed by atoms with Crippen LogP contribution >= 0.6 is 11.8 Å².